The molecule has 2 aliphatic rings. The number of aromatic amines is 1. The van der Waals surface area contributed by atoms with Gasteiger partial charge in [-0.05, 0) is 38.3 Å². The number of carbonyl (C=O) groups is 1. The molecule has 1 aromatic heterocycles. The number of pyridine rings is 1. The van der Waals surface area contributed by atoms with Crippen LogP contribution in [0.4, 0.5) is 0 Å². The van der Waals surface area contributed by atoms with E-state index in [1.807, 2.05) is 4.90 Å². The van der Waals surface area contributed by atoms with E-state index in [4.69, 9.17) is 0 Å². The minimum absolute atomic E-state index is 0.0332. The number of H-pyrrole nitrogens is 1. The summed E-state index contributed by atoms with van der Waals surface area (Å²) < 4.78 is 0. The predicted molar refractivity (Wildman–Crippen MR) is 76.7 cm³/mol. The molecule has 2 N–H and O–H groups in total. The average molecular weight is 275 g/mol. The lowest BCUT2D eigenvalue weighted by Gasteiger charge is -2.45. The van der Waals surface area contributed by atoms with Crippen molar-refractivity contribution in [1.29, 1.82) is 0 Å². The van der Waals surface area contributed by atoms with E-state index in [1.165, 1.54) is 31.5 Å². The molecule has 2 saturated heterocycles. The van der Waals surface area contributed by atoms with Crippen LogP contribution in [-0.4, -0.2) is 42.0 Å². The van der Waals surface area contributed by atoms with E-state index in [2.05, 4.69) is 10.3 Å². The number of piperidine rings is 2. The zero-order valence-electron chi connectivity index (χ0n) is 11.7. The van der Waals surface area contributed by atoms with E-state index in [9.17, 15) is 9.59 Å². The number of nitrogens with zero attached hydrogens (tertiary/aromatic N) is 1. The standard InChI is InChI=1S/C15H21N3O2/c19-13-4-3-12(9-17-13)14(20)18-8-2-6-15(11-18)5-1-7-16-10-15/h3-4,9,16H,1-2,5-8,10-11H2,(H,17,19). The van der Waals surface area contributed by atoms with E-state index in [0.29, 0.717) is 5.56 Å². The predicted octanol–water partition coefficient (Wildman–Crippen LogP) is 0.981. The first-order valence-corrected chi connectivity index (χ1v) is 7.37. The molecule has 5 heteroatoms. The number of aromatic nitrogens is 1. The van der Waals surface area contributed by atoms with Gasteiger partial charge in [0.1, 0.15) is 0 Å². The van der Waals surface area contributed by atoms with E-state index >= 15 is 0 Å². The van der Waals surface area contributed by atoms with Crippen molar-refractivity contribution in [3.8, 4) is 0 Å². The molecular weight excluding hydrogens is 254 g/mol. The van der Waals surface area contributed by atoms with Crippen LogP contribution in [0.3, 0.4) is 0 Å². The number of likely N-dealkylation sites (tertiary alicyclic amines) is 1. The van der Waals surface area contributed by atoms with E-state index in [0.717, 1.165) is 32.6 Å². The summed E-state index contributed by atoms with van der Waals surface area (Å²) in [6, 6.07) is 3.02. The quantitative estimate of drug-likeness (QED) is 0.803. The molecule has 2 fully saturated rings. The van der Waals surface area contributed by atoms with Crippen molar-refractivity contribution < 1.29 is 4.79 Å². The van der Waals surface area contributed by atoms with Crippen LogP contribution in [-0.2, 0) is 0 Å². The molecule has 1 unspecified atom stereocenters. The molecule has 0 aromatic carbocycles. The van der Waals surface area contributed by atoms with Gasteiger partial charge in [-0.25, -0.2) is 0 Å². The molecule has 2 aliphatic heterocycles. The van der Waals surface area contributed by atoms with Gasteiger partial charge in [0.15, 0.2) is 0 Å². The Morgan fingerprint density at radius 1 is 1.25 bits per heavy atom. The lowest BCUT2D eigenvalue weighted by Crippen LogP contribution is -2.52. The zero-order chi connectivity index (χ0) is 14.0. The van der Waals surface area contributed by atoms with Crippen molar-refractivity contribution in [2.45, 2.75) is 25.7 Å². The number of amides is 1. The maximum absolute atomic E-state index is 12.5. The summed E-state index contributed by atoms with van der Waals surface area (Å²) in [5.74, 6) is 0.0332. The Labute approximate surface area is 118 Å². The summed E-state index contributed by atoms with van der Waals surface area (Å²) in [5.41, 5.74) is 0.660. The highest BCUT2D eigenvalue weighted by molar-refractivity contribution is 5.93. The van der Waals surface area contributed by atoms with Crippen LogP contribution in [0.15, 0.2) is 23.1 Å². The maximum atomic E-state index is 12.5. The molecule has 3 heterocycles. The molecule has 0 radical (unpaired) electrons. The molecule has 5 nitrogen and oxygen atoms in total. The Morgan fingerprint density at radius 3 is 2.80 bits per heavy atom. The summed E-state index contributed by atoms with van der Waals surface area (Å²) in [5, 5.41) is 3.47. The van der Waals surface area contributed by atoms with Gasteiger partial charge < -0.3 is 15.2 Å². The molecule has 1 spiro atoms. The van der Waals surface area contributed by atoms with Gasteiger partial charge in [0.2, 0.25) is 5.56 Å². The molecule has 108 valence electrons. The minimum atomic E-state index is -0.173. The van der Waals surface area contributed by atoms with Crippen LogP contribution >= 0.6 is 0 Å². The number of hydrogen-bond acceptors (Lipinski definition) is 3. The SMILES string of the molecule is O=C(c1ccc(=O)[nH]c1)N1CCCC2(CCCNC2)C1. The summed E-state index contributed by atoms with van der Waals surface area (Å²) in [6.07, 6.45) is 6.19. The highest BCUT2D eigenvalue weighted by atomic mass is 16.2. The number of hydrogen-bond donors (Lipinski definition) is 2. The van der Waals surface area contributed by atoms with Gasteiger partial charge in [-0.1, -0.05) is 0 Å². The fraction of sp³-hybridized carbons (Fsp3) is 0.600. The third kappa shape index (κ3) is 2.63. The minimum Gasteiger partial charge on any atom is -0.338 e. The van der Waals surface area contributed by atoms with Crippen LogP contribution in [0, 0.1) is 5.41 Å². The third-order valence-electron chi connectivity index (χ3n) is 4.54. The second-order valence-corrected chi connectivity index (χ2v) is 6.05. The molecule has 1 atom stereocenters. The van der Waals surface area contributed by atoms with Crippen LogP contribution in [0.1, 0.15) is 36.0 Å². The summed E-state index contributed by atoms with van der Waals surface area (Å²) >= 11 is 0. The second-order valence-electron chi connectivity index (χ2n) is 6.05. The van der Waals surface area contributed by atoms with Crippen molar-refractivity contribution in [1.82, 2.24) is 15.2 Å². The Hall–Kier alpha value is -1.62. The monoisotopic (exact) mass is 275 g/mol. The molecule has 0 saturated carbocycles. The Bertz CT molecular complexity index is 520. The molecule has 1 aromatic rings. The Balaban J connectivity index is 1.74. The van der Waals surface area contributed by atoms with Crippen molar-refractivity contribution in [3.63, 3.8) is 0 Å². The molecular formula is C15H21N3O2. The molecule has 3 rings (SSSR count). The number of nitrogens with one attached hydrogen (secondary N) is 2. The normalized spacial score (nSPS) is 26.7. The van der Waals surface area contributed by atoms with Crippen LogP contribution in [0.25, 0.3) is 0 Å². The van der Waals surface area contributed by atoms with Gasteiger partial charge in [-0.15, -0.1) is 0 Å². The summed E-state index contributed by atoms with van der Waals surface area (Å²) in [4.78, 5) is 28.1. The van der Waals surface area contributed by atoms with Gasteiger partial charge in [0.25, 0.3) is 5.91 Å². The Morgan fingerprint density at radius 2 is 2.10 bits per heavy atom. The van der Waals surface area contributed by atoms with Crippen molar-refractivity contribution in [2.75, 3.05) is 26.2 Å². The first kappa shape index (κ1) is 13.4. The second kappa shape index (κ2) is 5.40. The Kier molecular flexibility index (Phi) is 3.61. The fourth-order valence-corrected chi connectivity index (χ4v) is 3.49. The van der Waals surface area contributed by atoms with E-state index in [1.54, 1.807) is 6.07 Å². The lowest BCUT2D eigenvalue weighted by molar-refractivity contribution is 0.0433. The van der Waals surface area contributed by atoms with Crippen LogP contribution in [0.2, 0.25) is 0 Å². The van der Waals surface area contributed by atoms with Gasteiger partial charge in [-0.3, -0.25) is 9.59 Å². The van der Waals surface area contributed by atoms with Crippen LogP contribution in [0.5, 0.6) is 0 Å². The third-order valence-corrected chi connectivity index (χ3v) is 4.54. The van der Waals surface area contributed by atoms with Crippen molar-refractivity contribution in [2.24, 2.45) is 5.41 Å². The summed E-state index contributed by atoms with van der Waals surface area (Å²) in [6.45, 7) is 3.76. The highest BCUT2D eigenvalue weighted by Crippen LogP contribution is 2.36. The maximum Gasteiger partial charge on any atom is 0.255 e. The smallest absolute Gasteiger partial charge is 0.255 e. The molecule has 20 heavy (non-hydrogen) atoms. The van der Waals surface area contributed by atoms with E-state index < -0.39 is 0 Å². The average Bonchev–Trinajstić information content (AvgIpc) is 2.48. The first-order valence-electron chi connectivity index (χ1n) is 7.37. The molecule has 0 aliphatic carbocycles. The van der Waals surface area contributed by atoms with Gasteiger partial charge in [-0.2, -0.15) is 0 Å². The highest BCUT2D eigenvalue weighted by Gasteiger charge is 2.38. The van der Waals surface area contributed by atoms with E-state index in [-0.39, 0.29) is 16.9 Å². The zero-order valence-corrected chi connectivity index (χ0v) is 11.7. The van der Waals surface area contributed by atoms with Gasteiger partial charge in [0, 0.05) is 37.3 Å². The first-order chi connectivity index (χ1) is 9.69. The fourth-order valence-electron chi connectivity index (χ4n) is 3.49. The molecule has 1 amide bonds. The number of carbonyl (C=O) groups excluding carboxylic acids is 1. The topological polar surface area (TPSA) is 65.2 Å². The van der Waals surface area contributed by atoms with Crippen molar-refractivity contribution in [3.05, 3.63) is 34.2 Å². The van der Waals surface area contributed by atoms with Gasteiger partial charge in [0.05, 0.1) is 5.56 Å². The van der Waals surface area contributed by atoms with Crippen LogP contribution < -0.4 is 10.9 Å². The largest absolute Gasteiger partial charge is 0.338 e. The number of rotatable bonds is 1. The lowest BCUT2D eigenvalue weighted by atomic mass is 9.74. The van der Waals surface area contributed by atoms with Gasteiger partial charge >= 0.3 is 0 Å². The summed E-state index contributed by atoms with van der Waals surface area (Å²) in [7, 11) is 0. The van der Waals surface area contributed by atoms with Crippen molar-refractivity contribution >= 4 is 5.91 Å². The molecule has 0 bridgehead atoms.